The molecule has 0 radical (unpaired) electrons. The summed E-state index contributed by atoms with van der Waals surface area (Å²) in [6, 6.07) is 6.76. The van der Waals surface area contributed by atoms with Crippen LogP contribution in [0.1, 0.15) is 11.1 Å². The van der Waals surface area contributed by atoms with E-state index in [1.807, 2.05) is 0 Å². The van der Waals surface area contributed by atoms with Gasteiger partial charge < -0.3 is 0 Å². The van der Waals surface area contributed by atoms with Gasteiger partial charge in [0.05, 0.1) is 8.07 Å². The second-order valence-corrected chi connectivity index (χ2v) is 9.77. The average Bonchev–Trinajstić information content (AvgIpc) is 2.48. The Labute approximate surface area is 81.3 Å². The highest BCUT2D eigenvalue weighted by molar-refractivity contribution is 6.89. The Kier molecular flexibility index (Phi) is 1.92. The zero-order valence-electron chi connectivity index (χ0n) is 8.59. The van der Waals surface area contributed by atoms with E-state index in [9.17, 15) is 0 Å². The van der Waals surface area contributed by atoms with Crippen molar-refractivity contribution in [3.63, 3.8) is 0 Å². The fraction of sp³-hybridized carbons (Fsp3) is 0.333. The van der Waals surface area contributed by atoms with Gasteiger partial charge in [-0.25, -0.2) is 0 Å². The Morgan fingerprint density at radius 3 is 2.62 bits per heavy atom. The third-order valence-electron chi connectivity index (χ3n) is 2.63. The Hall–Kier alpha value is -0.823. The zero-order valence-corrected chi connectivity index (χ0v) is 9.59. The fourth-order valence-electron chi connectivity index (χ4n) is 1.95. The molecule has 0 saturated carbocycles. The highest BCUT2D eigenvalue weighted by Gasteiger charge is 2.21. The van der Waals surface area contributed by atoms with Crippen molar-refractivity contribution in [2.75, 3.05) is 0 Å². The van der Waals surface area contributed by atoms with Gasteiger partial charge in [0.1, 0.15) is 0 Å². The zero-order chi connectivity index (χ0) is 9.47. The molecule has 0 spiro atoms. The summed E-state index contributed by atoms with van der Waals surface area (Å²) in [6.07, 6.45) is 5.70. The molecule has 0 fully saturated rings. The maximum Gasteiger partial charge on any atom is 0.0783 e. The van der Waals surface area contributed by atoms with Crippen molar-refractivity contribution in [3.05, 3.63) is 35.4 Å². The van der Waals surface area contributed by atoms with Gasteiger partial charge in [0.2, 0.25) is 0 Å². The predicted molar refractivity (Wildman–Crippen MR) is 62.2 cm³/mol. The van der Waals surface area contributed by atoms with Gasteiger partial charge in [-0.1, -0.05) is 55.2 Å². The molecule has 68 valence electrons. The SMILES string of the molecule is C[Si](C)(C)c1cccc2c1C=CC2. The van der Waals surface area contributed by atoms with Crippen molar-refractivity contribution >= 4 is 19.3 Å². The van der Waals surface area contributed by atoms with Crippen molar-refractivity contribution in [1.29, 1.82) is 0 Å². The predicted octanol–water partition coefficient (Wildman–Crippen LogP) is 2.80. The molecule has 1 aliphatic rings. The van der Waals surface area contributed by atoms with Gasteiger partial charge in [-0.2, -0.15) is 0 Å². The Morgan fingerprint density at radius 2 is 1.92 bits per heavy atom. The van der Waals surface area contributed by atoms with Crippen LogP contribution in [0.4, 0.5) is 0 Å². The minimum atomic E-state index is -1.14. The molecule has 2 rings (SSSR count). The molecule has 0 nitrogen and oxygen atoms in total. The van der Waals surface area contributed by atoms with Crippen LogP contribution in [-0.4, -0.2) is 8.07 Å². The minimum Gasteiger partial charge on any atom is -0.0795 e. The van der Waals surface area contributed by atoms with Crippen molar-refractivity contribution in [2.24, 2.45) is 0 Å². The molecule has 1 heteroatoms. The lowest BCUT2D eigenvalue weighted by molar-refractivity contribution is 1.32. The molecule has 0 atom stereocenters. The van der Waals surface area contributed by atoms with Gasteiger partial charge in [-0.15, -0.1) is 0 Å². The lowest BCUT2D eigenvalue weighted by atomic mass is 10.1. The Bertz CT molecular complexity index is 356. The van der Waals surface area contributed by atoms with Crippen LogP contribution < -0.4 is 5.19 Å². The summed E-state index contributed by atoms with van der Waals surface area (Å²) in [5, 5.41) is 1.61. The molecule has 13 heavy (non-hydrogen) atoms. The molecule has 0 saturated heterocycles. The van der Waals surface area contributed by atoms with Crippen LogP contribution in [0.15, 0.2) is 24.3 Å². The summed E-state index contributed by atoms with van der Waals surface area (Å²) in [4.78, 5) is 0. The monoisotopic (exact) mass is 188 g/mol. The first-order chi connectivity index (χ1) is 6.09. The molecule has 0 N–H and O–H groups in total. The maximum atomic E-state index is 2.41. The molecule has 1 aliphatic carbocycles. The van der Waals surface area contributed by atoms with Crippen molar-refractivity contribution in [3.8, 4) is 0 Å². The highest BCUT2D eigenvalue weighted by Crippen LogP contribution is 2.19. The van der Waals surface area contributed by atoms with E-state index in [0.717, 1.165) is 6.42 Å². The second-order valence-electron chi connectivity index (χ2n) is 4.73. The third kappa shape index (κ3) is 1.48. The largest absolute Gasteiger partial charge is 0.0795 e. The molecule has 0 aromatic heterocycles. The van der Waals surface area contributed by atoms with Gasteiger partial charge in [-0.3, -0.25) is 0 Å². The Balaban J connectivity index is 2.59. The Morgan fingerprint density at radius 1 is 1.15 bits per heavy atom. The van der Waals surface area contributed by atoms with E-state index in [-0.39, 0.29) is 0 Å². The van der Waals surface area contributed by atoms with Gasteiger partial charge in [0.15, 0.2) is 0 Å². The maximum absolute atomic E-state index is 2.41. The molecule has 0 amide bonds. The quantitative estimate of drug-likeness (QED) is 0.595. The lowest BCUT2D eigenvalue weighted by Gasteiger charge is -2.19. The number of fused-ring (bicyclic) bond motifs is 1. The van der Waals surface area contributed by atoms with E-state index in [2.05, 4.69) is 50.0 Å². The molecule has 0 aliphatic heterocycles. The number of benzene rings is 1. The van der Waals surface area contributed by atoms with Crippen molar-refractivity contribution in [2.45, 2.75) is 26.1 Å². The van der Waals surface area contributed by atoms with Crippen LogP contribution in [-0.2, 0) is 6.42 Å². The molecular weight excluding hydrogens is 172 g/mol. The van der Waals surface area contributed by atoms with Crippen molar-refractivity contribution < 1.29 is 0 Å². The van der Waals surface area contributed by atoms with E-state index >= 15 is 0 Å². The summed E-state index contributed by atoms with van der Waals surface area (Å²) in [5.74, 6) is 0. The first-order valence-electron chi connectivity index (χ1n) is 4.88. The molecule has 1 aromatic rings. The van der Waals surface area contributed by atoms with E-state index in [0.29, 0.717) is 0 Å². The third-order valence-corrected chi connectivity index (χ3v) is 4.68. The number of hydrogen-bond donors (Lipinski definition) is 0. The van der Waals surface area contributed by atoms with Gasteiger partial charge in [0, 0.05) is 0 Å². The van der Waals surface area contributed by atoms with Crippen LogP contribution >= 0.6 is 0 Å². The molecule has 0 unspecified atom stereocenters. The number of rotatable bonds is 1. The first kappa shape index (κ1) is 8.76. The molecule has 0 bridgehead atoms. The van der Waals surface area contributed by atoms with E-state index in [1.165, 1.54) is 11.1 Å². The number of hydrogen-bond acceptors (Lipinski definition) is 0. The highest BCUT2D eigenvalue weighted by atomic mass is 28.3. The minimum absolute atomic E-state index is 1.13. The summed E-state index contributed by atoms with van der Waals surface area (Å²) in [7, 11) is -1.14. The van der Waals surface area contributed by atoms with Crippen LogP contribution in [0.2, 0.25) is 19.6 Å². The standard InChI is InChI=1S/C12H16Si/c1-13(2,3)12-9-5-7-10-6-4-8-11(10)12/h4-5,7-9H,6H2,1-3H3. The first-order valence-corrected chi connectivity index (χ1v) is 8.38. The summed E-state index contributed by atoms with van der Waals surface area (Å²) < 4.78 is 0. The van der Waals surface area contributed by atoms with Gasteiger partial charge in [0.25, 0.3) is 0 Å². The topological polar surface area (TPSA) is 0 Å². The van der Waals surface area contributed by atoms with E-state index in [1.54, 1.807) is 5.19 Å². The van der Waals surface area contributed by atoms with Crippen LogP contribution in [0.3, 0.4) is 0 Å². The number of allylic oxidation sites excluding steroid dienone is 1. The smallest absolute Gasteiger partial charge is 0.0783 e. The van der Waals surface area contributed by atoms with Crippen LogP contribution in [0.5, 0.6) is 0 Å². The average molecular weight is 188 g/mol. The normalized spacial score (nSPS) is 14.7. The van der Waals surface area contributed by atoms with Crippen LogP contribution in [0.25, 0.3) is 6.08 Å². The lowest BCUT2D eigenvalue weighted by Crippen LogP contribution is -2.39. The summed E-state index contributed by atoms with van der Waals surface area (Å²) in [5.41, 5.74) is 3.03. The van der Waals surface area contributed by atoms with Crippen LogP contribution in [0, 0.1) is 0 Å². The molecular formula is C12H16Si. The molecule has 1 aromatic carbocycles. The van der Waals surface area contributed by atoms with E-state index in [4.69, 9.17) is 0 Å². The van der Waals surface area contributed by atoms with Crippen molar-refractivity contribution in [1.82, 2.24) is 0 Å². The summed E-state index contributed by atoms with van der Waals surface area (Å²) in [6.45, 7) is 7.23. The van der Waals surface area contributed by atoms with Gasteiger partial charge >= 0.3 is 0 Å². The van der Waals surface area contributed by atoms with E-state index < -0.39 is 8.07 Å². The summed E-state index contributed by atoms with van der Waals surface area (Å²) >= 11 is 0. The van der Waals surface area contributed by atoms with Gasteiger partial charge in [-0.05, 0) is 17.5 Å². The molecule has 0 heterocycles. The second kappa shape index (κ2) is 2.84. The fourth-order valence-corrected chi connectivity index (χ4v) is 3.59.